The van der Waals surface area contributed by atoms with Crippen molar-refractivity contribution < 1.29 is 9.66 Å². The van der Waals surface area contributed by atoms with Crippen LogP contribution in [0.5, 0.6) is 5.75 Å². The molecule has 0 aliphatic heterocycles. The van der Waals surface area contributed by atoms with Gasteiger partial charge in [-0.1, -0.05) is 24.3 Å². The Morgan fingerprint density at radius 2 is 2.00 bits per heavy atom. The molecule has 19 heavy (non-hydrogen) atoms. The summed E-state index contributed by atoms with van der Waals surface area (Å²) in [5.74, 6) is 0.470. The number of hydrogen-bond donors (Lipinski definition) is 0. The summed E-state index contributed by atoms with van der Waals surface area (Å²) >= 11 is 3.32. The van der Waals surface area contributed by atoms with Gasteiger partial charge >= 0.3 is 0 Å². The molecule has 0 atom stereocenters. The topological polar surface area (TPSA) is 52.4 Å². The second-order valence-electron chi connectivity index (χ2n) is 4.09. The van der Waals surface area contributed by atoms with Crippen LogP contribution in [0.2, 0.25) is 0 Å². The average Bonchev–Trinajstić information content (AvgIpc) is 2.39. The summed E-state index contributed by atoms with van der Waals surface area (Å²) in [6, 6.07) is 12.3. The number of nitro benzene ring substituents is 1. The molecule has 0 bridgehead atoms. The van der Waals surface area contributed by atoms with Crippen LogP contribution < -0.4 is 4.74 Å². The fourth-order valence-corrected chi connectivity index (χ4v) is 2.00. The zero-order valence-electron chi connectivity index (χ0n) is 10.3. The predicted octanol–water partition coefficient (Wildman–Crippen LogP) is 4.24. The number of rotatable bonds is 4. The van der Waals surface area contributed by atoms with Gasteiger partial charge in [-0.3, -0.25) is 10.1 Å². The van der Waals surface area contributed by atoms with Crippen LogP contribution in [-0.4, -0.2) is 4.92 Å². The molecule has 0 saturated carbocycles. The molecule has 0 radical (unpaired) electrons. The highest BCUT2D eigenvalue weighted by Gasteiger charge is 2.10. The lowest BCUT2D eigenvalue weighted by Gasteiger charge is -2.09. The van der Waals surface area contributed by atoms with Gasteiger partial charge in [0, 0.05) is 6.07 Å². The van der Waals surface area contributed by atoms with Crippen LogP contribution >= 0.6 is 15.9 Å². The molecule has 0 aliphatic rings. The molecular formula is C14H12BrNO3. The molecule has 98 valence electrons. The average molecular weight is 322 g/mol. The zero-order chi connectivity index (χ0) is 13.8. The van der Waals surface area contributed by atoms with Crippen molar-refractivity contribution in [2.24, 2.45) is 0 Å². The minimum atomic E-state index is -0.437. The number of hydrogen-bond acceptors (Lipinski definition) is 3. The Bertz CT molecular complexity index is 613. The van der Waals surface area contributed by atoms with Gasteiger partial charge in [-0.15, -0.1) is 0 Å². The summed E-state index contributed by atoms with van der Waals surface area (Å²) in [7, 11) is 0. The first-order valence-electron chi connectivity index (χ1n) is 5.69. The maximum Gasteiger partial charge on any atom is 0.273 e. The van der Waals surface area contributed by atoms with Crippen LogP contribution in [-0.2, 0) is 6.61 Å². The maximum absolute atomic E-state index is 10.7. The number of aryl methyl sites for hydroxylation is 1. The number of halogens is 1. The van der Waals surface area contributed by atoms with Crippen LogP contribution in [0.15, 0.2) is 46.9 Å². The Hall–Kier alpha value is -1.88. The van der Waals surface area contributed by atoms with Gasteiger partial charge < -0.3 is 4.74 Å². The number of ether oxygens (including phenoxy) is 1. The lowest BCUT2D eigenvalue weighted by Crippen LogP contribution is -1.99. The number of nitrogens with zero attached hydrogens (tertiary/aromatic N) is 1. The molecule has 2 aromatic rings. The molecule has 0 N–H and O–H groups in total. The van der Waals surface area contributed by atoms with Crippen LogP contribution in [0.1, 0.15) is 11.1 Å². The normalized spacial score (nSPS) is 10.2. The third kappa shape index (κ3) is 3.32. The Morgan fingerprint density at radius 1 is 1.26 bits per heavy atom. The van der Waals surface area contributed by atoms with Gasteiger partial charge in [0.2, 0.25) is 0 Å². The zero-order valence-corrected chi connectivity index (χ0v) is 11.9. The van der Waals surface area contributed by atoms with Crippen LogP contribution in [0.25, 0.3) is 0 Å². The Kier molecular flexibility index (Phi) is 4.16. The SMILES string of the molecule is Cc1ccccc1COc1cc([N+](=O)[O-])ccc1Br. The van der Waals surface area contributed by atoms with Gasteiger partial charge in [0.25, 0.3) is 5.69 Å². The van der Waals surface area contributed by atoms with Gasteiger partial charge in [-0.05, 0) is 40.0 Å². The van der Waals surface area contributed by atoms with E-state index in [1.807, 2.05) is 31.2 Å². The largest absolute Gasteiger partial charge is 0.487 e. The molecule has 0 saturated heterocycles. The van der Waals surface area contributed by atoms with E-state index in [2.05, 4.69) is 15.9 Å². The predicted molar refractivity (Wildman–Crippen MR) is 76.3 cm³/mol. The van der Waals surface area contributed by atoms with Crippen molar-refractivity contribution in [2.45, 2.75) is 13.5 Å². The maximum atomic E-state index is 10.7. The molecule has 2 rings (SSSR count). The summed E-state index contributed by atoms with van der Waals surface area (Å²) in [5, 5.41) is 10.7. The Morgan fingerprint density at radius 3 is 2.68 bits per heavy atom. The van der Waals surface area contributed by atoms with Crippen molar-refractivity contribution in [1.82, 2.24) is 0 Å². The van der Waals surface area contributed by atoms with Gasteiger partial charge in [-0.2, -0.15) is 0 Å². The number of non-ortho nitro benzene ring substituents is 1. The minimum Gasteiger partial charge on any atom is -0.487 e. The molecule has 0 aromatic heterocycles. The fraction of sp³-hybridized carbons (Fsp3) is 0.143. The van der Waals surface area contributed by atoms with E-state index in [0.29, 0.717) is 16.8 Å². The Labute approximate surface area is 119 Å². The van der Waals surface area contributed by atoms with E-state index >= 15 is 0 Å². The second-order valence-corrected chi connectivity index (χ2v) is 4.94. The van der Waals surface area contributed by atoms with Crippen molar-refractivity contribution in [3.05, 3.63) is 68.2 Å². The van der Waals surface area contributed by atoms with Crippen molar-refractivity contribution in [3.63, 3.8) is 0 Å². The molecule has 2 aromatic carbocycles. The van der Waals surface area contributed by atoms with Gasteiger partial charge in [-0.25, -0.2) is 0 Å². The number of benzene rings is 2. The van der Waals surface area contributed by atoms with Crippen LogP contribution in [0.4, 0.5) is 5.69 Å². The molecule has 0 amide bonds. The van der Waals surface area contributed by atoms with E-state index in [4.69, 9.17) is 4.74 Å². The summed E-state index contributed by atoms with van der Waals surface area (Å²) in [6.45, 7) is 2.38. The lowest BCUT2D eigenvalue weighted by molar-refractivity contribution is -0.385. The molecule has 0 aliphatic carbocycles. The highest BCUT2D eigenvalue weighted by Crippen LogP contribution is 2.30. The second kappa shape index (κ2) is 5.84. The molecule has 0 spiro atoms. The van der Waals surface area contributed by atoms with Crippen molar-refractivity contribution in [3.8, 4) is 5.75 Å². The van der Waals surface area contributed by atoms with E-state index in [0.717, 1.165) is 11.1 Å². The summed E-state index contributed by atoms with van der Waals surface area (Å²) < 4.78 is 6.34. The van der Waals surface area contributed by atoms with Crippen LogP contribution in [0.3, 0.4) is 0 Å². The minimum absolute atomic E-state index is 0.0167. The van der Waals surface area contributed by atoms with Crippen molar-refractivity contribution in [2.75, 3.05) is 0 Å². The first-order valence-corrected chi connectivity index (χ1v) is 6.48. The number of nitro groups is 1. The first-order chi connectivity index (χ1) is 9.08. The van der Waals surface area contributed by atoms with Gasteiger partial charge in [0.1, 0.15) is 12.4 Å². The third-order valence-corrected chi connectivity index (χ3v) is 3.43. The highest BCUT2D eigenvalue weighted by molar-refractivity contribution is 9.10. The summed E-state index contributed by atoms with van der Waals surface area (Å²) in [6.07, 6.45) is 0. The molecule has 4 nitrogen and oxygen atoms in total. The fourth-order valence-electron chi connectivity index (χ4n) is 1.64. The van der Waals surface area contributed by atoms with Gasteiger partial charge in [0.05, 0.1) is 15.5 Å². The lowest BCUT2D eigenvalue weighted by atomic mass is 10.1. The third-order valence-electron chi connectivity index (χ3n) is 2.77. The molecule has 0 unspecified atom stereocenters. The van der Waals surface area contributed by atoms with E-state index in [-0.39, 0.29) is 5.69 Å². The van der Waals surface area contributed by atoms with Crippen LogP contribution in [0, 0.1) is 17.0 Å². The molecule has 0 heterocycles. The Balaban J connectivity index is 2.17. The van der Waals surface area contributed by atoms with Gasteiger partial charge in [0.15, 0.2) is 0 Å². The van der Waals surface area contributed by atoms with Crippen molar-refractivity contribution in [1.29, 1.82) is 0 Å². The standard InChI is InChI=1S/C14H12BrNO3/c1-10-4-2-3-5-11(10)9-19-14-8-12(16(17)18)6-7-13(14)15/h2-8H,9H2,1H3. The molecule has 5 heteroatoms. The highest BCUT2D eigenvalue weighted by atomic mass is 79.9. The molecule has 0 fully saturated rings. The summed E-state index contributed by atoms with van der Waals surface area (Å²) in [5.41, 5.74) is 2.20. The van der Waals surface area contributed by atoms with E-state index in [1.165, 1.54) is 12.1 Å². The first kappa shape index (κ1) is 13.5. The van der Waals surface area contributed by atoms with E-state index < -0.39 is 4.92 Å². The van der Waals surface area contributed by atoms with Crippen molar-refractivity contribution >= 4 is 21.6 Å². The quantitative estimate of drug-likeness (QED) is 0.625. The monoisotopic (exact) mass is 321 g/mol. The summed E-state index contributed by atoms with van der Waals surface area (Å²) in [4.78, 5) is 10.3. The van der Waals surface area contributed by atoms with E-state index in [1.54, 1.807) is 6.07 Å². The smallest absolute Gasteiger partial charge is 0.273 e. The van der Waals surface area contributed by atoms with E-state index in [9.17, 15) is 10.1 Å². The molecular weight excluding hydrogens is 310 g/mol.